The second kappa shape index (κ2) is 24.6. The highest BCUT2D eigenvalue weighted by Gasteiger charge is 2.58. The fraction of sp³-hybridized carbons (Fsp3) is 0.635. The van der Waals surface area contributed by atoms with E-state index in [2.05, 4.69) is 83.7 Å². The fourth-order valence-electron chi connectivity index (χ4n) is 7.39. The van der Waals surface area contributed by atoms with Crippen molar-refractivity contribution in [3.05, 3.63) is 98.8 Å². The Morgan fingerprint density at radius 2 is 1.36 bits per heavy atom. The number of methoxy groups -OCH3 is 1. The third-order valence-corrected chi connectivity index (χ3v) is 22.7. The van der Waals surface area contributed by atoms with Crippen molar-refractivity contribution in [2.45, 2.75) is 186 Å². The lowest BCUT2D eigenvalue weighted by Gasteiger charge is -2.44. The van der Waals surface area contributed by atoms with Crippen LogP contribution >= 0.6 is 0 Å². The molecule has 4 rings (SSSR count). The SMILES string of the molecule is COc1ccc(Cn2c(=O)ccn(C3OC(C(O)C(NCCCNC(=O)C(NC(=O)OCc4ccccc4)C(O)C(C)C)C(=O)OC(C)(C)C)C(O[Si](C)(C)C(C)(C)C)C3O[Si](C)(C)C(C)(C)C)c2=O)cc1. The van der Waals surface area contributed by atoms with Crippen molar-refractivity contribution < 1.29 is 52.4 Å². The van der Waals surface area contributed by atoms with Crippen LogP contribution in [0.25, 0.3) is 0 Å². The molecular formula is C52H83N5O13Si2. The monoisotopic (exact) mass is 1040 g/mol. The highest BCUT2D eigenvalue weighted by molar-refractivity contribution is 6.74. The summed E-state index contributed by atoms with van der Waals surface area (Å²) in [5, 5.41) is 31.4. The summed E-state index contributed by atoms with van der Waals surface area (Å²) < 4.78 is 40.2. The number of nitrogens with zero attached hydrogens (tertiary/aromatic N) is 2. The number of aliphatic hydroxyl groups is 2. The summed E-state index contributed by atoms with van der Waals surface area (Å²) >= 11 is 0. The Morgan fingerprint density at radius 1 is 0.778 bits per heavy atom. The Balaban J connectivity index is 1.70. The van der Waals surface area contributed by atoms with Crippen molar-refractivity contribution in [3.8, 4) is 5.75 Å². The van der Waals surface area contributed by atoms with Crippen LogP contribution in [0.2, 0.25) is 36.3 Å². The maximum Gasteiger partial charge on any atom is 0.408 e. The number of hydrogen-bond acceptors (Lipinski definition) is 14. The van der Waals surface area contributed by atoms with E-state index in [4.69, 9.17) is 27.8 Å². The second-order valence-electron chi connectivity index (χ2n) is 23.0. The van der Waals surface area contributed by atoms with E-state index < -0.39 is 106 Å². The molecule has 2 aromatic carbocycles. The summed E-state index contributed by atoms with van der Waals surface area (Å²) in [5.74, 6) is -1.22. The Labute approximate surface area is 427 Å². The van der Waals surface area contributed by atoms with Crippen LogP contribution in [0.4, 0.5) is 4.79 Å². The summed E-state index contributed by atoms with van der Waals surface area (Å²) in [4.78, 5) is 68.7. The van der Waals surface area contributed by atoms with Crippen molar-refractivity contribution >= 4 is 34.6 Å². The number of rotatable bonds is 22. The predicted octanol–water partition coefficient (Wildman–Crippen LogP) is 6.22. The molecule has 1 fully saturated rings. The van der Waals surface area contributed by atoms with E-state index in [-0.39, 0.29) is 42.7 Å². The number of ether oxygens (including phenoxy) is 4. The molecule has 2 heterocycles. The molecule has 0 bridgehead atoms. The number of esters is 1. The molecule has 0 saturated carbocycles. The van der Waals surface area contributed by atoms with Crippen molar-refractivity contribution in [3.63, 3.8) is 0 Å². The number of nitrogens with one attached hydrogen (secondary N) is 3. The van der Waals surface area contributed by atoms with E-state index >= 15 is 0 Å². The van der Waals surface area contributed by atoms with Crippen LogP contribution in [0.3, 0.4) is 0 Å². The van der Waals surface area contributed by atoms with Crippen LogP contribution in [0.15, 0.2) is 76.4 Å². The standard InChI is InChI=1S/C52H83N5O13Si2/c1-33(2)40(59)38(55-48(63)66-32-35-21-18-17-19-22-35)45(61)54-29-20-28-53-39(47(62)68-50(3,4)5)41(60)42-43(69-71(13,14)51(6,7)8)44(70-72(15,16)52(9,10)11)46(67-42)56-30-27-37(58)57(49(56)64)31-34-23-25-36(65-12)26-24-34/h17-19,21-27,30,33,38-44,46,53,59-60H,20,28-29,31-32H2,1-16H3,(H,54,61)(H,55,63). The van der Waals surface area contributed by atoms with Gasteiger partial charge in [0.2, 0.25) is 5.91 Å². The Kier molecular flexibility index (Phi) is 20.4. The molecule has 3 aromatic rings. The van der Waals surface area contributed by atoms with Gasteiger partial charge in [0.15, 0.2) is 22.9 Å². The number of aromatic nitrogens is 2. The number of benzene rings is 2. The number of carbonyl (C=O) groups excluding carboxylic acids is 3. The van der Waals surface area contributed by atoms with Crippen molar-refractivity contribution in [2.24, 2.45) is 5.92 Å². The van der Waals surface area contributed by atoms with Gasteiger partial charge in [-0.3, -0.25) is 23.5 Å². The van der Waals surface area contributed by atoms with Crippen LogP contribution in [-0.2, 0) is 45.8 Å². The Morgan fingerprint density at radius 3 is 1.90 bits per heavy atom. The van der Waals surface area contributed by atoms with E-state index in [1.165, 1.54) is 16.8 Å². The zero-order valence-corrected chi connectivity index (χ0v) is 47.4. The number of alkyl carbamates (subject to hydrolysis) is 1. The molecule has 20 heteroatoms. The lowest BCUT2D eigenvalue weighted by molar-refractivity contribution is -0.166. The molecule has 1 aliphatic rings. The number of carbonyl (C=O) groups is 3. The van der Waals surface area contributed by atoms with Gasteiger partial charge in [-0.05, 0) is 99.2 Å². The third-order valence-electron chi connectivity index (χ3n) is 13.7. The number of amides is 2. The van der Waals surface area contributed by atoms with Gasteiger partial charge in [-0.2, -0.15) is 0 Å². The first-order valence-electron chi connectivity index (χ1n) is 24.8. The third kappa shape index (κ3) is 15.9. The van der Waals surface area contributed by atoms with Crippen LogP contribution in [0, 0.1) is 5.92 Å². The first-order valence-corrected chi connectivity index (χ1v) is 30.6. The van der Waals surface area contributed by atoms with E-state index in [1.807, 2.05) is 18.2 Å². The van der Waals surface area contributed by atoms with Crippen molar-refractivity contribution in [1.29, 1.82) is 0 Å². The minimum atomic E-state index is -2.78. The molecule has 0 radical (unpaired) electrons. The van der Waals surface area contributed by atoms with Gasteiger partial charge in [0.05, 0.1) is 19.8 Å². The molecule has 1 saturated heterocycles. The van der Waals surface area contributed by atoms with Gasteiger partial charge in [-0.25, -0.2) is 9.59 Å². The highest BCUT2D eigenvalue weighted by atomic mass is 28.4. The molecule has 8 atom stereocenters. The Hall–Kier alpha value is -4.68. The highest BCUT2D eigenvalue weighted by Crippen LogP contribution is 2.46. The predicted molar refractivity (Wildman–Crippen MR) is 281 cm³/mol. The van der Waals surface area contributed by atoms with Gasteiger partial charge in [0.25, 0.3) is 5.56 Å². The lowest BCUT2D eigenvalue weighted by atomic mass is 9.99. The van der Waals surface area contributed by atoms with Crippen LogP contribution in [0.5, 0.6) is 5.75 Å². The average Bonchev–Trinajstić information content (AvgIpc) is 3.61. The number of hydrogen-bond donors (Lipinski definition) is 5. The quantitative estimate of drug-likeness (QED) is 0.0428. The molecule has 18 nitrogen and oxygen atoms in total. The van der Waals surface area contributed by atoms with Crippen LogP contribution in [-0.4, -0.2) is 122 Å². The zero-order chi connectivity index (χ0) is 54.1. The van der Waals surface area contributed by atoms with E-state index in [0.29, 0.717) is 11.3 Å². The van der Waals surface area contributed by atoms with Crippen molar-refractivity contribution in [2.75, 3.05) is 20.2 Å². The molecule has 402 valence electrons. The average molecular weight is 1040 g/mol. The van der Waals surface area contributed by atoms with Crippen LogP contribution in [0.1, 0.15) is 99.9 Å². The van der Waals surface area contributed by atoms with Crippen molar-refractivity contribution in [1.82, 2.24) is 25.1 Å². The van der Waals surface area contributed by atoms with Crippen LogP contribution < -0.4 is 31.9 Å². The van der Waals surface area contributed by atoms with Gasteiger partial charge < -0.3 is 54.0 Å². The van der Waals surface area contributed by atoms with E-state index in [9.17, 15) is 34.2 Å². The van der Waals surface area contributed by atoms with Gasteiger partial charge in [-0.1, -0.05) is 97.9 Å². The topological polar surface area (TPSA) is 227 Å². The van der Waals surface area contributed by atoms with E-state index in [1.54, 1.807) is 78.1 Å². The molecule has 2 amide bonds. The lowest BCUT2D eigenvalue weighted by Crippen LogP contribution is -2.59. The smallest absolute Gasteiger partial charge is 0.408 e. The fourth-order valence-corrected chi connectivity index (χ4v) is 9.98. The van der Waals surface area contributed by atoms with Gasteiger partial charge in [0, 0.05) is 18.8 Å². The summed E-state index contributed by atoms with van der Waals surface area (Å²) in [6, 6.07) is 14.6. The first kappa shape index (κ1) is 59.9. The number of aliphatic hydroxyl groups excluding tert-OH is 2. The second-order valence-corrected chi connectivity index (χ2v) is 32.5. The minimum Gasteiger partial charge on any atom is -0.497 e. The maximum absolute atomic E-state index is 14.7. The zero-order valence-electron chi connectivity index (χ0n) is 45.4. The molecule has 72 heavy (non-hydrogen) atoms. The molecule has 8 unspecified atom stereocenters. The summed E-state index contributed by atoms with van der Waals surface area (Å²) in [5.41, 5.74) is -0.762. The summed E-state index contributed by atoms with van der Waals surface area (Å²) in [6.45, 7) is 29.3. The molecule has 1 aliphatic heterocycles. The van der Waals surface area contributed by atoms with E-state index in [0.717, 1.165) is 10.1 Å². The largest absolute Gasteiger partial charge is 0.497 e. The Bertz CT molecular complexity index is 2370. The molecule has 5 N–H and O–H groups in total. The molecule has 1 aromatic heterocycles. The summed E-state index contributed by atoms with van der Waals surface area (Å²) in [7, 11) is -4.00. The molecular weight excluding hydrogens is 959 g/mol. The normalized spacial score (nSPS) is 19.5. The first-order chi connectivity index (χ1) is 33.3. The minimum absolute atomic E-state index is 0.0342. The summed E-state index contributed by atoms with van der Waals surface area (Å²) in [6.07, 6.45) is -6.80. The van der Waals surface area contributed by atoms with Gasteiger partial charge in [-0.15, -0.1) is 0 Å². The molecule has 0 aliphatic carbocycles. The maximum atomic E-state index is 14.7. The van der Waals surface area contributed by atoms with Gasteiger partial charge in [0.1, 0.15) is 54.5 Å². The molecule has 0 spiro atoms. The van der Waals surface area contributed by atoms with Gasteiger partial charge >= 0.3 is 17.8 Å².